The number of esters is 2. The van der Waals surface area contributed by atoms with Crippen LogP contribution in [0, 0.1) is 11.8 Å². The fourth-order valence-electron chi connectivity index (χ4n) is 8.74. The van der Waals surface area contributed by atoms with Gasteiger partial charge >= 0.3 is 11.9 Å². The summed E-state index contributed by atoms with van der Waals surface area (Å²) in [5.41, 5.74) is 1.30. The van der Waals surface area contributed by atoms with Crippen LogP contribution in [-0.4, -0.2) is 78.5 Å². The lowest BCUT2D eigenvalue weighted by atomic mass is 9.94. The van der Waals surface area contributed by atoms with Gasteiger partial charge < -0.3 is 14.4 Å². The summed E-state index contributed by atoms with van der Waals surface area (Å²) in [4.78, 5) is 31.1. The lowest BCUT2D eigenvalue weighted by Gasteiger charge is -2.22. The quantitative estimate of drug-likeness (QED) is 0.0477. The van der Waals surface area contributed by atoms with Gasteiger partial charge in [0.25, 0.3) is 0 Å². The highest BCUT2D eigenvalue weighted by atomic mass is 16.5. The minimum atomic E-state index is 0.0585. The molecule has 0 saturated heterocycles. The molecule has 0 saturated carbocycles. The third-order valence-electron chi connectivity index (χ3n) is 12.9. The number of carbonyl (C=O) groups excluding carboxylic acids is 2. The molecule has 0 N–H and O–H groups in total. The Hall–Kier alpha value is -1.93. The maximum atomic E-state index is 13.1. The van der Waals surface area contributed by atoms with Gasteiger partial charge in [0.15, 0.2) is 0 Å². The average molecular weight is 873 g/mol. The minimum Gasteiger partial charge on any atom is -0.465 e. The molecule has 8 heteroatoms. The van der Waals surface area contributed by atoms with Gasteiger partial charge in [-0.3, -0.25) is 19.2 Å². The number of nitrogens with zero attached hydrogens (tertiary/aromatic N) is 4. The number of aryl methyl sites for hydroxylation is 1. The zero-order chi connectivity index (χ0) is 45.1. The van der Waals surface area contributed by atoms with Crippen LogP contribution in [0.2, 0.25) is 0 Å². The highest BCUT2D eigenvalue weighted by Gasteiger charge is 2.20. The Bertz CT molecular complexity index is 1070. The highest BCUT2D eigenvalue weighted by Crippen LogP contribution is 2.22. The molecule has 0 spiro atoms. The maximum absolute atomic E-state index is 13.1. The van der Waals surface area contributed by atoms with Crippen molar-refractivity contribution in [3.05, 3.63) is 18.0 Å². The van der Waals surface area contributed by atoms with Gasteiger partial charge in [-0.05, 0) is 97.9 Å². The van der Waals surface area contributed by atoms with Crippen molar-refractivity contribution in [1.82, 2.24) is 19.6 Å². The van der Waals surface area contributed by atoms with Crippen LogP contribution in [0.25, 0.3) is 0 Å². The first-order valence-corrected chi connectivity index (χ1v) is 27.1. The minimum absolute atomic E-state index is 0.0585. The van der Waals surface area contributed by atoms with Crippen molar-refractivity contribution < 1.29 is 19.1 Å². The molecular weight excluding hydrogens is 769 g/mol. The Morgan fingerprint density at radius 1 is 0.500 bits per heavy atom. The van der Waals surface area contributed by atoms with E-state index in [4.69, 9.17) is 14.6 Å². The normalized spacial score (nSPS) is 12.7. The fourth-order valence-corrected chi connectivity index (χ4v) is 8.74. The molecule has 8 nitrogen and oxygen atoms in total. The van der Waals surface area contributed by atoms with E-state index in [1.54, 1.807) is 0 Å². The van der Waals surface area contributed by atoms with Crippen molar-refractivity contribution in [3.8, 4) is 0 Å². The van der Waals surface area contributed by atoms with Gasteiger partial charge in [-0.2, -0.15) is 5.10 Å². The molecule has 0 aliphatic rings. The first-order valence-electron chi connectivity index (χ1n) is 27.1. The second-order valence-electron chi connectivity index (χ2n) is 19.3. The van der Waals surface area contributed by atoms with Gasteiger partial charge in [0.2, 0.25) is 0 Å². The third-order valence-corrected chi connectivity index (χ3v) is 12.9. The molecule has 1 aromatic heterocycles. The summed E-state index contributed by atoms with van der Waals surface area (Å²) in [6.45, 7) is 15.3. The van der Waals surface area contributed by atoms with Gasteiger partial charge in [-0.15, -0.1) is 0 Å². The van der Waals surface area contributed by atoms with Crippen LogP contribution in [0.3, 0.4) is 0 Å². The molecule has 1 heterocycles. The molecule has 0 amide bonds. The number of hydrogen-bond donors (Lipinski definition) is 0. The van der Waals surface area contributed by atoms with Gasteiger partial charge in [0.05, 0.1) is 31.2 Å². The topological polar surface area (TPSA) is 76.9 Å². The van der Waals surface area contributed by atoms with E-state index in [0.717, 1.165) is 142 Å². The summed E-state index contributed by atoms with van der Waals surface area (Å²) >= 11 is 0. The number of aromatic nitrogens is 2. The molecule has 2 atom stereocenters. The van der Waals surface area contributed by atoms with Crippen LogP contribution in [0.4, 0.5) is 0 Å². The van der Waals surface area contributed by atoms with Crippen molar-refractivity contribution >= 4 is 11.9 Å². The summed E-state index contributed by atoms with van der Waals surface area (Å²) in [7, 11) is 4.27. The van der Waals surface area contributed by atoms with E-state index < -0.39 is 0 Å². The Morgan fingerprint density at radius 2 is 0.871 bits per heavy atom. The van der Waals surface area contributed by atoms with E-state index in [1.807, 2.05) is 0 Å². The average Bonchev–Trinajstić information content (AvgIpc) is 3.71. The first-order chi connectivity index (χ1) is 30.3. The van der Waals surface area contributed by atoms with Crippen LogP contribution >= 0.6 is 0 Å². The Labute approximate surface area is 385 Å². The number of ether oxygens (including phenoxy) is 2. The molecular formula is C54H104N4O4. The standard InChI is InChI=1S/C54H104N4O4/c1-7-11-15-19-21-29-39-51(37-27-17-13-9-3)53(59)61-45-35-25-23-31-42-57(48-50-47-55-58(49-50)44-34-33-41-56(5)6)43-32-24-26-36-46-62-54(60)52(38-28-18-14-10-4)40-30-22-20-16-12-8-2/h47,49,51-52H,7-46,48H2,1-6H3. The molecule has 0 fully saturated rings. The third kappa shape index (κ3) is 34.5. The van der Waals surface area contributed by atoms with E-state index in [9.17, 15) is 9.59 Å². The smallest absolute Gasteiger partial charge is 0.308 e. The summed E-state index contributed by atoms with van der Waals surface area (Å²) in [5, 5.41) is 4.70. The lowest BCUT2D eigenvalue weighted by Crippen LogP contribution is -2.25. The van der Waals surface area contributed by atoms with Crippen molar-refractivity contribution in [1.29, 1.82) is 0 Å². The summed E-state index contributed by atoms with van der Waals surface area (Å²) < 4.78 is 13.9. The molecule has 0 aliphatic heterocycles. The molecule has 1 rings (SSSR count). The number of unbranched alkanes of at least 4 members (excludes halogenated alkanes) is 23. The summed E-state index contributed by atoms with van der Waals surface area (Å²) in [5.74, 6) is 0.286. The predicted molar refractivity (Wildman–Crippen MR) is 265 cm³/mol. The largest absolute Gasteiger partial charge is 0.465 e. The van der Waals surface area contributed by atoms with Crippen LogP contribution in [0.15, 0.2) is 12.4 Å². The second kappa shape index (κ2) is 43.0. The molecule has 0 aromatic carbocycles. The molecule has 0 aliphatic carbocycles. The van der Waals surface area contributed by atoms with Gasteiger partial charge in [0, 0.05) is 24.8 Å². The number of rotatable bonds is 47. The van der Waals surface area contributed by atoms with Gasteiger partial charge in [-0.1, -0.05) is 182 Å². The van der Waals surface area contributed by atoms with E-state index in [-0.39, 0.29) is 23.8 Å². The maximum Gasteiger partial charge on any atom is 0.308 e. The predicted octanol–water partition coefficient (Wildman–Crippen LogP) is 14.9. The molecule has 0 radical (unpaired) electrons. The van der Waals surface area contributed by atoms with Crippen molar-refractivity contribution in [2.75, 3.05) is 46.9 Å². The number of hydrogen-bond acceptors (Lipinski definition) is 7. The van der Waals surface area contributed by atoms with Crippen molar-refractivity contribution in [3.63, 3.8) is 0 Å². The fraction of sp³-hybridized carbons (Fsp3) is 0.907. The van der Waals surface area contributed by atoms with E-state index in [1.165, 1.54) is 115 Å². The number of carbonyl (C=O) groups is 2. The van der Waals surface area contributed by atoms with Crippen LogP contribution in [0.5, 0.6) is 0 Å². The second-order valence-corrected chi connectivity index (χ2v) is 19.3. The monoisotopic (exact) mass is 873 g/mol. The first kappa shape index (κ1) is 58.1. The zero-order valence-electron chi connectivity index (χ0n) is 42.2. The van der Waals surface area contributed by atoms with E-state index >= 15 is 0 Å². The molecule has 1 aromatic rings. The van der Waals surface area contributed by atoms with Crippen LogP contribution in [-0.2, 0) is 32.2 Å². The summed E-state index contributed by atoms with van der Waals surface area (Å²) in [6.07, 6.45) is 44.3. The Kier molecular flexibility index (Phi) is 40.3. The van der Waals surface area contributed by atoms with Crippen LogP contribution in [0.1, 0.15) is 252 Å². The van der Waals surface area contributed by atoms with E-state index in [2.05, 4.69) is 68.7 Å². The summed E-state index contributed by atoms with van der Waals surface area (Å²) in [6, 6.07) is 0. The van der Waals surface area contributed by atoms with Crippen molar-refractivity contribution in [2.24, 2.45) is 11.8 Å². The molecule has 0 bridgehead atoms. The molecule has 62 heavy (non-hydrogen) atoms. The van der Waals surface area contributed by atoms with E-state index in [0.29, 0.717) is 13.2 Å². The molecule has 2 unspecified atom stereocenters. The highest BCUT2D eigenvalue weighted by molar-refractivity contribution is 5.72. The molecule has 364 valence electrons. The van der Waals surface area contributed by atoms with Crippen molar-refractivity contribution in [2.45, 2.75) is 259 Å². The Morgan fingerprint density at radius 3 is 1.31 bits per heavy atom. The van der Waals surface area contributed by atoms with Gasteiger partial charge in [-0.25, -0.2) is 0 Å². The van der Waals surface area contributed by atoms with Gasteiger partial charge in [0.1, 0.15) is 0 Å². The van der Waals surface area contributed by atoms with Crippen LogP contribution < -0.4 is 0 Å². The SMILES string of the molecule is CCCCCCCCC(CCCCCC)C(=O)OCCCCCCN(CCCCCCOC(=O)C(CCCCCC)CCCCCCCC)Cc1cnn(CCCCN(C)C)c1. The lowest BCUT2D eigenvalue weighted by molar-refractivity contribution is -0.150. The zero-order valence-corrected chi connectivity index (χ0v) is 42.2. The Balaban J connectivity index is 2.55.